The summed E-state index contributed by atoms with van der Waals surface area (Å²) in [5, 5.41) is 6.36. The summed E-state index contributed by atoms with van der Waals surface area (Å²) in [6.45, 7) is 1.03. The summed E-state index contributed by atoms with van der Waals surface area (Å²) in [7, 11) is 5.74. The fraction of sp³-hybridized carbons (Fsp3) is 0.562. The van der Waals surface area contributed by atoms with Gasteiger partial charge < -0.3 is 20.3 Å². The van der Waals surface area contributed by atoms with Crippen LogP contribution >= 0.6 is 24.0 Å². The zero-order valence-electron chi connectivity index (χ0n) is 14.7. The number of ether oxygens (including phenoxy) is 1. The molecule has 0 amide bonds. The highest BCUT2D eigenvalue weighted by Gasteiger charge is 2.28. The Labute approximate surface area is 164 Å². The molecule has 25 heavy (non-hydrogen) atoms. The van der Waals surface area contributed by atoms with E-state index in [0.29, 0.717) is 12.5 Å². The summed E-state index contributed by atoms with van der Waals surface area (Å²) >= 11 is 0. The van der Waals surface area contributed by atoms with E-state index >= 15 is 0 Å². The van der Waals surface area contributed by atoms with Gasteiger partial charge in [-0.3, -0.25) is 4.99 Å². The molecule has 9 heteroatoms. The number of halogens is 4. The van der Waals surface area contributed by atoms with Crippen LogP contribution in [0.4, 0.5) is 13.2 Å². The van der Waals surface area contributed by atoms with Crippen molar-refractivity contribution in [3.8, 4) is 5.75 Å². The lowest BCUT2D eigenvalue weighted by Crippen LogP contribution is -2.38. The van der Waals surface area contributed by atoms with Crippen molar-refractivity contribution in [3.05, 3.63) is 29.8 Å². The van der Waals surface area contributed by atoms with Crippen LogP contribution in [-0.2, 0) is 6.54 Å². The summed E-state index contributed by atoms with van der Waals surface area (Å²) in [5.74, 6) is 0.883. The molecule has 1 aromatic rings. The SMILES string of the molecule is CN=C(NCCCN(C)C)NCc1ccc(OCC(F)(F)F)cc1.I. The highest BCUT2D eigenvalue weighted by atomic mass is 127. The van der Waals surface area contributed by atoms with Crippen molar-refractivity contribution in [2.75, 3.05) is 40.8 Å². The molecule has 0 atom stereocenters. The summed E-state index contributed by atoms with van der Waals surface area (Å²) in [6, 6.07) is 6.49. The van der Waals surface area contributed by atoms with Crippen molar-refractivity contribution in [2.24, 2.45) is 4.99 Å². The molecule has 0 bridgehead atoms. The van der Waals surface area contributed by atoms with Gasteiger partial charge in [-0.15, -0.1) is 24.0 Å². The van der Waals surface area contributed by atoms with Crippen molar-refractivity contribution in [1.82, 2.24) is 15.5 Å². The minimum absolute atomic E-state index is 0. The third kappa shape index (κ3) is 11.9. The van der Waals surface area contributed by atoms with Gasteiger partial charge in [0.25, 0.3) is 0 Å². The molecule has 0 aliphatic carbocycles. The van der Waals surface area contributed by atoms with Crippen LogP contribution in [0.15, 0.2) is 29.3 Å². The fourth-order valence-electron chi connectivity index (χ4n) is 1.88. The van der Waals surface area contributed by atoms with Gasteiger partial charge in [0, 0.05) is 20.1 Å². The number of nitrogens with one attached hydrogen (secondary N) is 2. The average Bonchev–Trinajstić information content (AvgIpc) is 2.52. The summed E-state index contributed by atoms with van der Waals surface area (Å²) < 4.78 is 40.9. The second kappa shape index (κ2) is 12.2. The van der Waals surface area contributed by atoms with E-state index in [1.165, 1.54) is 12.1 Å². The molecule has 1 aromatic carbocycles. The highest BCUT2D eigenvalue weighted by Crippen LogP contribution is 2.18. The van der Waals surface area contributed by atoms with Gasteiger partial charge in [0.15, 0.2) is 12.6 Å². The minimum atomic E-state index is -4.33. The smallest absolute Gasteiger partial charge is 0.422 e. The predicted molar refractivity (Wildman–Crippen MR) is 105 cm³/mol. The molecule has 0 saturated heterocycles. The molecular formula is C16H26F3IN4O. The Kier molecular flexibility index (Phi) is 11.6. The Balaban J connectivity index is 0.00000576. The third-order valence-corrected chi connectivity index (χ3v) is 3.08. The van der Waals surface area contributed by atoms with Crippen LogP contribution in [0.5, 0.6) is 5.75 Å². The van der Waals surface area contributed by atoms with Gasteiger partial charge in [0.05, 0.1) is 0 Å². The third-order valence-electron chi connectivity index (χ3n) is 3.08. The number of guanidine groups is 1. The highest BCUT2D eigenvalue weighted by molar-refractivity contribution is 14.0. The van der Waals surface area contributed by atoms with Crippen LogP contribution in [0.25, 0.3) is 0 Å². The lowest BCUT2D eigenvalue weighted by Gasteiger charge is -2.14. The number of hydrogen-bond donors (Lipinski definition) is 2. The standard InChI is InChI=1S/C16H25F3N4O.HI/c1-20-15(21-9-4-10-23(2)3)22-11-13-5-7-14(8-6-13)24-12-16(17,18)19;/h5-8H,4,9-12H2,1-3H3,(H2,20,21,22);1H. The molecule has 0 fully saturated rings. The van der Waals surface area contributed by atoms with Gasteiger partial charge in [-0.25, -0.2) is 0 Å². The number of alkyl halides is 3. The summed E-state index contributed by atoms with van der Waals surface area (Å²) in [6.07, 6.45) is -3.33. The molecule has 0 aliphatic rings. The Morgan fingerprint density at radius 3 is 2.32 bits per heavy atom. The van der Waals surface area contributed by atoms with Crippen LogP contribution < -0.4 is 15.4 Å². The maximum absolute atomic E-state index is 12.1. The van der Waals surface area contributed by atoms with E-state index in [4.69, 9.17) is 0 Å². The van der Waals surface area contributed by atoms with E-state index < -0.39 is 12.8 Å². The summed E-state index contributed by atoms with van der Waals surface area (Å²) in [4.78, 5) is 6.24. The first-order valence-corrected chi connectivity index (χ1v) is 7.68. The largest absolute Gasteiger partial charge is 0.484 e. The molecule has 0 aliphatic heterocycles. The van der Waals surface area contributed by atoms with Crippen molar-refractivity contribution < 1.29 is 17.9 Å². The van der Waals surface area contributed by atoms with E-state index in [-0.39, 0.29) is 29.7 Å². The molecule has 0 spiro atoms. The predicted octanol–water partition coefficient (Wildman–Crippen LogP) is 2.86. The molecule has 0 aromatic heterocycles. The second-order valence-electron chi connectivity index (χ2n) is 5.56. The second-order valence-corrected chi connectivity index (χ2v) is 5.56. The molecule has 0 saturated carbocycles. The quantitative estimate of drug-likeness (QED) is 0.264. The fourth-order valence-corrected chi connectivity index (χ4v) is 1.88. The molecule has 5 nitrogen and oxygen atoms in total. The first-order chi connectivity index (χ1) is 11.3. The van der Waals surface area contributed by atoms with Gasteiger partial charge in [0.2, 0.25) is 0 Å². The molecule has 0 radical (unpaired) electrons. The summed E-state index contributed by atoms with van der Waals surface area (Å²) in [5.41, 5.74) is 0.922. The maximum Gasteiger partial charge on any atom is 0.422 e. The zero-order valence-corrected chi connectivity index (χ0v) is 17.0. The first kappa shape index (κ1) is 23.8. The van der Waals surface area contributed by atoms with Crippen molar-refractivity contribution in [2.45, 2.75) is 19.1 Å². The lowest BCUT2D eigenvalue weighted by molar-refractivity contribution is -0.153. The molecule has 1 rings (SSSR count). The Morgan fingerprint density at radius 2 is 1.80 bits per heavy atom. The van der Waals surface area contributed by atoms with Gasteiger partial charge in [-0.05, 0) is 44.8 Å². The van der Waals surface area contributed by atoms with Gasteiger partial charge in [-0.1, -0.05) is 12.1 Å². The van der Waals surface area contributed by atoms with Crippen LogP contribution in [0, 0.1) is 0 Å². The van der Waals surface area contributed by atoms with Gasteiger partial charge in [0.1, 0.15) is 5.75 Å². The number of aliphatic imine (C=N–C) groups is 1. The topological polar surface area (TPSA) is 48.9 Å². The Hall–Kier alpha value is -1.23. The molecule has 144 valence electrons. The number of rotatable bonds is 8. The van der Waals surface area contributed by atoms with Gasteiger partial charge in [-0.2, -0.15) is 13.2 Å². The molecule has 0 heterocycles. The van der Waals surface area contributed by atoms with E-state index in [2.05, 4.69) is 25.3 Å². The monoisotopic (exact) mass is 474 g/mol. The molecule has 0 unspecified atom stereocenters. The van der Waals surface area contributed by atoms with Crippen LogP contribution in [-0.4, -0.2) is 57.9 Å². The zero-order chi connectivity index (χ0) is 18.0. The minimum Gasteiger partial charge on any atom is -0.484 e. The van der Waals surface area contributed by atoms with E-state index in [1.807, 2.05) is 14.1 Å². The number of hydrogen-bond acceptors (Lipinski definition) is 3. The van der Waals surface area contributed by atoms with Crippen LogP contribution in [0.2, 0.25) is 0 Å². The average molecular weight is 474 g/mol. The molecule has 2 N–H and O–H groups in total. The Morgan fingerprint density at radius 1 is 1.16 bits per heavy atom. The van der Waals surface area contributed by atoms with Crippen LogP contribution in [0.1, 0.15) is 12.0 Å². The van der Waals surface area contributed by atoms with E-state index in [1.54, 1.807) is 19.2 Å². The van der Waals surface area contributed by atoms with Crippen molar-refractivity contribution in [1.29, 1.82) is 0 Å². The maximum atomic E-state index is 12.1. The Bertz CT molecular complexity index is 507. The van der Waals surface area contributed by atoms with Crippen LogP contribution in [0.3, 0.4) is 0 Å². The van der Waals surface area contributed by atoms with Crippen molar-refractivity contribution >= 4 is 29.9 Å². The van der Waals surface area contributed by atoms with Crippen molar-refractivity contribution in [3.63, 3.8) is 0 Å². The van der Waals surface area contributed by atoms with E-state index in [9.17, 15) is 13.2 Å². The normalized spacial score (nSPS) is 11.9. The number of nitrogens with zero attached hydrogens (tertiary/aromatic N) is 2. The number of benzene rings is 1. The first-order valence-electron chi connectivity index (χ1n) is 7.68. The van der Waals surface area contributed by atoms with Gasteiger partial charge >= 0.3 is 6.18 Å². The lowest BCUT2D eigenvalue weighted by atomic mass is 10.2. The van der Waals surface area contributed by atoms with E-state index in [0.717, 1.165) is 25.1 Å². The molecular weight excluding hydrogens is 448 g/mol.